The predicted molar refractivity (Wildman–Crippen MR) is 112 cm³/mol. The van der Waals surface area contributed by atoms with Crippen LogP contribution in [0.5, 0.6) is 0 Å². The number of nitrogens with zero attached hydrogens (tertiary/aromatic N) is 3. The quantitative estimate of drug-likeness (QED) is 0.628. The van der Waals surface area contributed by atoms with Gasteiger partial charge in [0.2, 0.25) is 0 Å². The summed E-state index contributed by atoms with van der Waals surface area (Å²) in [5.41, 5.74) is 2.43. The molecule has 27 heavy (non-hydrogen) atoms. The molecule has 0 bridgehead atoms. The average Bonchev–Trinajstić information content (AvgIpc) is 3.30. The van der Waals surface area contributed by atoms with Crippen LogP contribution in [0.15, 0.2) is 53.1 Å². The second kappa shape index (κ2) is 8.10. The van der Waals surface area contributed by atoms with Crippen LogP contribution >= 0.6 is 15.9 Å². The maximum absolute atomic E-state index is 12.2. The van der Waals surface area contributed by atoms with Crippen molar-refractivity contribution >= 4 is 44.2 Å². The number of halogens is 1. The van der Waals surface area contributed by atoms with Crippen molar-refractivity contribution in [2.75, 3.05) is 30.3 Å². The van der Waals surface area contributed by atoms with Crippen molar-refractivity contribution in [3.63, 3.8) is 0 Å². The second-order valence-corrected chi connectivity index (χ2v) is 7.72. The molecule has 1 fully saturated rings. The fourth-order valence-corrected chi connectivity index (χ4v) is 3.61. The molecule has 1 aromatic heterocycles. The third-order valence-corrected chi connectivity index (χ3v) is 5.28. The van der Waals surface area contributed by atoms with Crippen LogP contribution in [0.4, 0.5) is 16.2 Å². The van der Waals surface area contributed by atoms with Crippen LogP contribution in [0.2, 0.25) is 0 Å². The molecule has 1 aliphatic heterocycles. The molecule has 7 heteroatoms. The van der Waals surface area contributed by atoms with E-state index in [0.29, 0.717) is 0 Å². The molecule has 2 aromatic carbocycles. The van der Waals surface area contributed by atoms with Gasteiger partial charge in [-0.25, -0.2) is 4.79 Å². The number of fused-ring (bicyclic) bond motifs is 1. The van der Waals surface area contributed by atoms with E-state index in [1.807, 2.05) is 53.3 Å². The minimum Gasteiger partial charge on any atom is -0.308 e. The fraction of sp³-hybridized carbons (Fsp3) is 0.300. The van der Waals surface area contributed by atoms with Crippen molar-refractivity contribution in [2.24, 2.45) is 0 Å². The normalized spacial score (nSPS) is 14.6. The number of carbonyl (C=O) groups excluding carboxylic acids is 1. The third-order valence-electron chi connectivity index (χ3n) is 4.76. The average molecular weight is 428 g/mol. The first-order valence-corrected chi connectivity index (χ1v) is 9.98. The zero-order valence-corrected chi connectivity index (χ0v) is 16.6. The van der Waals surface area contributed by atoms with Gasteiger partial charge in [-0.3, -0.25) is 4.68 Å². The minimum atomic E-state index is -0.266. The first-order chi connectivity index (χ1) is 13.2. The van der Waals surface area contributed by atoms with Gasteiger partial charge in [-0.2, -0.15) is 5.10 Å². The van der Waals surface area contributed by atoms with Gasteiger partial charge in [0.25, 0.3) is 0 Å². The number of aromatic nitrogens is 2. The van der Waals surface area contributed by atoms with E-state index in [-0.39, 0.29) is 6.03 Å². The molecule has 0 aliphatic carbocycles. The van der Waals surface area contributed by atoms with E-state index in [9.17, 15) is 4.79 Å². The van der Waals surface area contributed by atoms with Crippen molar-refractivity contribution in [1.29, 1.82) is 0 Å². The first-order valence-electron chi connectivity index (χ1n) is 9.19. The van der Waals surface area contributed by atoms with Crippen molar-refractivity contribution < 1.29 is 4.79 Å². The smallest absolute Gasteiger partial charge is 0.308 e. The first kappa shape index (κ1) is 18.0. The lowest BCUT2D eigenvalue weighted by Crippen LogP contribution is -2.24. The molecule has 2 heterocycles. The molecule has 0 unspecified atom stereocenters. The number of urea groups is 1. The van der Waals surface area contributed by atoms with Crippen molar-refractivity contribution in [1.82, 2.24) is 14.7 Å². The summed E-state index contributed by atoms with van der Waals surface area (Å²) >= 11 is 3.38. The van der Waals surface area contributed by atoms with Gasteiger partial charge in [-0.05, 0) is 68.4 Å². The Morgan fingerprint density at radius 3 is 2.48 bits per heavy atom. The Hall–Kier alpha value is -2.38. The summed E-state index contributed by atoms with van der Waals surface area (Å²) in [5, 5.41) is 11.4. The van der Waals surface area contributed by atoms with Crippen LogP contribution in [0, 0.1) is 0 Å². The largest absolute Gasteiger partial charge is 0.323 e. The standard InChI is InChI=1S/C20H22BrN5O/c21-16-3-5-17(6-4-16)22-20(27)23-18-7-8-19-15(13-18)14-26(24-19)12-11-25-9-1-2-10-25/h3-8,13-14H,1-2,9-12H2,(H2,22,23,27). The summed E-state index contributed by atoms with van der Waals surface area (Å²) in [6.45, 7) is 4.32. The fourth-order valence-electron chi connectivity index (χ4n) is 3.35. The Morgan fingerprint density at radius 1 is 1.00 bits per heavy atom. The molecular formula is C20H22BrN5O. The monoisotopic (exact) mass is 427 g/mol. The van der Waals surface area contributed by atoms with Gasteiger partial charge in [-0.1, -0.05) is 15.9 Å². The molecule has 1 saturated heterocycles. The van der Waals surface area contributed by atoms with Gasteiger partial charge in [-0.15, -0.1) is 0 Å². The number of hydrogen-bond donors (Lipinski definition) is 2. The van der Waals surface area contributed by atoms with Crippen LogP contribution in [-0.4, -0.2) is 40.3 Å². The summed E-state index contributed by atoms with van der Waals surface area (Å²) in [6.07, 6.45) is 4.65. The van der Waals surface area contributed by atoms with Crippen molar-refractivity contribution in [3.05, 3.63) is 53.1 Å². The topological polar surface area (TPSA) is 62.2 Å². The van der Waals surface area contributed by atoms with E-state index in [2.05, 4.69) is 36.6 Å². The maximum atomic E-state index is 12.2. The number of benzene rings is 2. The van der Waals surface area contributed by atoms with Crippen LogP contribution in [0.25, 0.3) is 10.9 Å². The van der Waals surface area contributed by atoms with Gasteiger partial charge < -0.3 is 15.5 Å². The van der Waals surface area contributed by atoms with Crippen molar-refractivity contribution in [2.45, 2.75) is 19.4 Å². The predicted octanol–water partition coefficient (Wildman–Crippen LogP) is 4.54. The van der Waals surface area contributed by atoms with E-state index in [1.54, 1.807) is 0 Å². The van der Waals surface area contributed by atoms with Gasteiger partial charge >= 0.3 is 6.03 Å². The number of carbonyl (C=O) groups is 1. The molecule has 140 valence electrons. The number of likely N-dealkylation sites (tertiary alicyclic amines) is 1. The lowest BCUT2D eigenvalue weighted by molar-refractivity contribution is 0.262. The summed E-state index contributed by atoms with van der Waals surface area (Å²) in [6, 6.07) is 13.0. The van der Waals surface area contributed by atoms with Crippen molar-refractivity contribution in [3.8, 4) is 0 Å². The van der Waals surface area contributed by atoms with Crippen LogP contribution in [-0.2, 0) is 6.54 Å². The van der Waals surface area contributed by atoms with E-state index in [4.69, 9.17) is 0 Å². The van der Waals surface area contributed by atoms with E-state index >= 15 is 0 Å². The number of amides is 2. The number of nitrogens with one attached hydrogen (secondary N) is 2. The zero-order valence-electron chi connectivity index (χ0n) is 15.0. The Bertz CT molecular complexity index is 931. The second-order valence-electron chi connectivity index (χ2n) is 6.80. The Morgan fingerprint density at radius 2 is 1.70 bits per heavy atom. The highest BCUT2D eigenvalue weighted by Gasteiger charge is 2.11. The molecule has 6 nitrogen and oxygen atoms in total. The van der Waals surface area contributed by atoms with E-state index in [1.165, 1.54) is 25.9 Å². The summed E-state index contributed by atoms with van der Waals surface area (Å²) in [4.78, 5) is 14.7. The number of rotatable bonds is 5. The Balaban J connectivity index is 1.38. The third kappa shape index (κ3) is 4.67. The van der Waals surface area contributed by atoms with Gasteiger partial charge in [0.1, 0.15) is 0 Å². The summed E-state index contributed by atoms with van der Waals surface area (Å²) in [7, 11) is 0. The van der Waals surface area contributed by atoms with Gasteiger partial charge in [0, 0.05) is 34.0 Å². The molecule has 1 aliphatic rings. The SMILES string of the molecule is O=C(Nc1ccc(Br)cc1)Nc1ccc2nn(CCN3CCCC3)cc2c1. The van der Waals surface area contributed by atoms with E-state index in [0.717, 1.165) is 39.8 Å². The Labute approximate surface area is 166 Å². The van der Waals surface area contributed by atoms with Crippen LogP contribution in [0.3, 0.4) is 0 Å². The maximum Gasteiger partial charge on any atom is 0.323 e. The number of anilines is 2. The highest BCUT2D eigenvalue weighted by Crippen LogP contribution is 2.19. The Kier molecular flexibility index (Phi) is 5.40. The molecule has 0 atom stereocenters. The minimum absolute atomic E-state index is 0.266. The summed E-state index contributed by atoms with van der Waals surface area (Å²) < 4.78 is 2.97. The van der Waals surface area contributed by atoms with E-state index < -0.39 is 0 Å². The molecular weight excluding hydrogens is 406 g/mol. The molecule has 4 rings (SSSR count). The lowest BCUT2D eigenvalue weighted by atomic mass is 10.2. The van der Waals surface area contributed by atoms with Crippen LogP contribution < -0.4 is 10.6 Å². The molecule has 0 saturated carbocycles. The zero-order chi connectivity index (χ0) is 18.6. The molecule has 2 N–H and O–H groups in total. The molecule has 2 amide bonds. The van der Waals surface area contributed by atoms with Crippen LogP contribution in [0.1, 0.15) is 12.8 Å². The van der Waals surface area contributed by atoms with Gasteiger partial charge in [0.15, 0.2) is 0 Å². The molecule has 0 radical (unpaired) electrons. The molecule has 0 spiro atoms. The number of hydrogen-bond acceptors (Lipinski definition) is 3. The highest BCUT2D eigenvalue weighted by molar-refractivity contribution is 9.10. The molecule has 3 aromatic rings. The highest BCUT2D eigenvalue weighted by atomic mass is 79.9. The summed E-state index contributed by atoms with van der Waals surface area (Å²) in [5.74, 6) is 0. The van der Waals surface area contributed by atoms with Gasteiger partial charge in [0.05, 0.1) is 12.1 Å². The lowest BCUT2D eigenvalue weighted by Gasteiger charge is -2.13.